The maximum atomic E-state index is 12.6. The minimum Gasteiger partial charge on any atom is -0.392 e. The number of ether oxygens (including phenoxy) is 2. The van der Waals surface area contributed by atoms with Gasteiger partial charge in [-0.1, -0.05) is 96.9 Å². The summed E-state index contributed by atoms with van der Waals surface area (Å²) in [4.78, 5) is 4.30. The molecule has 1 fully saturated rings. The molecule has 1 aliphatic heterocycles. The average molecular weight is 603 g/mol. The van der Waals surface area contributed by atoms with E-state index in [1.54, 1.807) is 41.2 Å². The molecular weight excluding hydrogens is 573 g/mol. The van der Waals surface area contributed by atoms with E-state index in [0.717, 1.165) is 22.3 Å². The fraction of sp³-hybridized carbons (Fsp3) is 0.276. The molecule has 1 saturated heterocycles. The molecule has 0 spiro atoms. The van der Waals surface area contributed by atoms with Crippen molar-refractivity contribution in [1.29, 1.82) is 0 Å². The maximum absolute atomic E-state index is 12.6. The van der Waals surface area contributed by atoms with E-state index in [0.29, 0.717) is 11.7 Å². The third-order valence-corrected chi connectivity index (χ3v) is 9.19. The highest BCUT2D eigenvalue weighted by atomic mass is 35.5. The first kappa shape index (κ1) is 28.8. The van der Waals surface area contributed by atoms with Crippen molar-refractivity contribution in [2.45, 2.75) is 50.0 Å². The number of nitrogens with one attached hydrogen (secondary N) is 1. The number of imidazole rings is 1. The number of benzene rings is 3. The maximum Gasteiger partial charge on any atom is 0.240 e. The Labute approximate surface area is 243 Å². The highest BCUT2D eigenvalue weighted by molar-refractivity contribution is 7.89. The van der Waals surface area contributed by atoms with Gasteiger partial charge in [-0.2, -0.15) is 0 Å². The first-order valence-electron chi connectivity index (χ1n) is 12.8. The number of sulfonamides is 1. The lowest BCUT2D eigenvalue weighted by atomic mass is 9.90. The minimum atomic E-state index is -3.62. The Kier molecular flexibility index (Phi) is 8.92. The van der Waals surface area contributed by atoms with Gasteiger partial charge in [-0.3, -0.25) is 0 Å². The summed E-state index contributed by atoms with van der Waals surface area (Å²) in [6, 6.07) is 23.4. The first-order valence-corrected chi connectivity index (χ1v) is 15.0. The second-order valence-corrected chi connectivity index (χ2v) is 12.2. The fourth-order valence-corrected chi connectivity index (χ4v) is 6.00. The van der Waals surface area contributed by atoms with Crippen LogP contribution in [0.2, 0.25) is 10.3 Å². The van der Waals surface area contributed by atoms with Crippen molar-refractivity contribution < 1.29 is 23.0 Å². The van der Waals surface area contributed by atoms with Gasteiger partial charge in [-0.25, -0.2) is 18.1 Å². The van der Waals surface area contributed by atoms with Gasteiger partial charge in [0.05, 0.1) is 36.6 Å². The Morgan fingerprint density at radius 1 is 0.925 bits per heavy atom. The molecular formula is C29H29Cl2N3O5S. The highest BCUT2D eigenvalue weighted by Crippen LogP contribution is 2.42. The van der Waals surface area contributed by atoms with E-state index in [1.807, 2.05) is 48.5 Å². The number of nitrogens with zero attached hydrogens (tertiary/aromatic N) is 2. The van der Waals surface area contributed by atoms with E-state index in [9.17, 15) is 13.5 Å². The molecule has 0 amide bonds. The summed E-state index contributed by atoms with van der Waals surface area (Å²) in [5.74, 6) is -0.0554. The predicted molar refractivity (Wildman–Crippen MR) is 152 cm³/mol. The number of aromatic nitrogens is 2. The Bertz CT molecular complexity index is 1530. The number of hydrogen-bond acceptors (Lipinski definition) is 6. The second-order valence-electron chi connectivity index (χ2n) is 9.68. The Morgan fingerprint density at radius 3 is 2.20 bits per heavy atom. The van der Waals surface area contributed by atoms with Crippen molar-refractivity contribution in [1.82, 2.24) is 14.3 Å². The Balaban J connectivity index is 1.35. The number of rotatable bonds is 9. The molecule has 0 radical (unpaired) electrons. The molecule has 40 heavy (non-hydrogen) atoms. The van der Waals surface area contributed by atoms with Gasteiger partial charge < -0.3 is 19.1 Å². The lowest BCUT2D eigenvalue weighted by Gasteiger charge is -2.41. The standard InChI is InChI=1S/C29H29Cl2N3O5S/c1-19-25(16-34-18-32-27(30)28(34)31)38-29(39-26(19)22-11-9-21(17-35)10-12-22)23-13-7-20(8-14-23)15-33-40(36,37)24-5-3-2-4-6-24/h2-14,18-19,25-26,29,33,35H,15-17H2,1H3/t19-,25+,26+,29?/m0/s1. The van der Waals surface area contributed by atoms with Crippen LogP contribution in [0, 0.1) is 5.92 Å². The van der Waals surface area contributed by atoms with Crippen LogP contribution in [0.3, 0.4) is 0 Å². The zero-order valence-electron chi connectivity index (χ0n) is 21.7. The summed E-state index contributed by atoms with van der Waals surface area (Å²) in [5, 5.41) is 10.0. The molecule has 5 rings (SSSR count). The summed E-state index contributed by atoms with van der Waals surface area (Å²) in [5.41, 5.74) is 3.36. The van der Waals surface area contributed by atoms with Crippen LogP contribution in [0.25, 0.3) is 0 Å². The van der Waals surface area contributed by atoms with Crippen LogP contribution < -0.4 is 4.72 Å². The van der Waals surface area contributed by atoms with Gasteiger partial charge in [0.2, 0.25) is 10.0 Å². The zero-order chi connectivity index (χ0) is 28.3. The van der Waals surface area contributed by atoms with Crippen molar-refractivity contribution >= 4 is 33.2 Å². The van der Waals surface area contributed by atoms with Gasteiger partial charge in [0, 0.05) is 18.0 Å². The third kappa shape index (κ3) is 6.42. The van der Waals surface area contributed by atoms with Crippen molar-refractivity contribution in [2.24, 2.45) is 5.92 Å². The molecule has 1 aromatic heterocycles. The average Bonchev–Trinajstić information content (AvgIpc) is 3.30. The van der Waals surface area contributed by atoms with Gasteiger partial charge in [-0.15, -0.1) is 0 Å². The SMILES string of the molecule is C[C@H]1[C@@H](Cn2cnc(Cl)c2Cl)OC(c2ccc(CNS(=O)(=O)c3ccccc3)cc2)O[C@H]1c1ccc(CO)cc1. The summed E-state index contributed by atoms with van der Waals surface area (Å²) < 4.78 is 42.5. The highest BCUT2D eigenvalue weighted by Gasteiger charge is 2.38. The molecule has 210 valence electrons. The topological polar surface area (TPSA) is 103 Å². The van der Waals surface area contributed by atoms with E-state index >= 15 is 0 Å². The lowest BCUT2D eigenvalue weighted by Crippen LogP contribution is -2.39. The quantitative estimate of drug-likeness (QED) is 0.257. The lowest BCUT2D eigenvalue weighted by molar-refractivity contribution is -0.276. The van der Waals surface area contributed by atoms with Crippen LogP contribution in [0.15, 0.2) is 90.1 Å². The van der Waals surface area contributed by atoms with Gasteiger partial charge in [-0.05, 0) is 28.8 Å². The van der Waals surface area contributed by atoms with Crippen molar-refractivity contribution in [3.63, 3.8) is 0 Å². The molecule has 1 aliphatic rings. The van der Waals surface area contributed by atoms with Crippen LogP contribution in [0.1, 0.15) is 41.6 Å². The number of aliphatic hydroxyl groups is 1. The normalized spacial score (nSPS) is 21.4. The second kappa shape index (κ2) is 12.4. The van der Waals surface area contributed by atoms with E-state index in [2.05, 4.69) is 16.6 Å². The molecule has 4 atom stereocenters. The number of halogens is 2. The first-order chi connectivity index (χ1) is 19.2. The molecule has 2 heterocycles. The molecule has 0 aliphatic carbocycles. The van der Waals surface area contributed by atoms with Crippen LogP contribution in [0.4, 0.5) is 0 Å². The van der Waals surface area contributed by atoms with Crippen LogP contribution in [0.5, 0.6) is 0 Å². The smallest absolute Gasteiger partial charge is 0.240 e. The molecule has 8 nitrogen and oxygen atoms in total. The molecule has 2 N–H and O–H groups in total. The molecule has 4 aromatic rings. The summed E-state index contributed by atoms with van der Waals surface area (Å²) in [6.45, 7) is 2.58. The summed E-state index contributed by atoms with van der Waals surface area (Å²) in [6.07, 6.45) is 0.311. The van der Waals surface area contributed by atoms with E-state index in [1.165, 1.54) is 0 Å². The van der Waals surface area contributed by atoms with Crippen molar-refractivity contribution in [3.8, 4) is 0 Å². The van der Waals surface area contributed by atoms with E-state index in [-0.39, 0.29) is 41.3 Å². The Morgan fingerprint density at radius 2 is 1.57 bits per heavy atom. The monoisotopic (exact) mass is 601 g/mol. The number of aliphatic hydroxyl groups excluding tert-OH is 1. The van der Waals surface area contributed by atoms with Gasteiger partial charge in [0.25, 0.3) is 0 Å². The molecule has 1 unspecified atom stereocenters. The van der Waals surface area contributed by atoms with Crippen molar-refractivity contribution in [3.05, 3.63) is 118 Å². The van der Waals surface area contributed by atoms with Gasteiger partial charge in [0.15, 0.2) is 11.4 Å². The molecule has 0 saturated carbocycles. The van der Waals surface area contributed by atoms with Gasteiger partial charge >= 0.3 is 0 Å². The minimum absolute atomic E-state index is 0.0382. The predicted octanol–water partition coefficient (Wildman–Crippen LogP) is 5.65. The number of hydrogen-bond donors (Lipinski definition) is 2. The zero-order valence-corrected chi connectivity index (χ0v) is 24.0. The third-order valence-electron chi connectivity index (χ3n) is 7.00. The molecule has 11 heteroatoms. The van der Waals surface area contributed by atoms with Crippen LogP contribution in [-0.2, 0) is 39.2 Å². The van der Waals surface area contributed by atoms with E-state index in [4.69, 9.17) is 32.7 Å². The molecule has 0 bridgehead atoms. The van der Waals surface area contributed by atoms with E-state index < -0.39 is 16.3 Å². The summed E-state index contributed by atoms with van der Waals surface area (Å²) >= 11 is 12.4. The van der Waals surface area contributed by atoms with Crippen molar-refractivity contribution in [2.75, 3.05) is 0 Å². The van der Waals surface area contributed by atoms with Gasteiger partial charge in [0.1, 0.15) is 5.15 Å². The Hall–Kier alpha value is -2.76. The van der Waals surface area contributed by atoms with Crippen LogP contribution >= 0.6 is 23.2 Å². The molecule has 3 aromatic carbocycles. The fourth-order valence-electron chi connectivity index (χ4n) is 4.65. The van der Waals surface area contributed by atoms with Crippen LogP contribution in [-0.4, -0.2) is 29.2 Å². The largest absolute Gasteiger partial charge is 0.392 e. The summed E-state index contributed by atoms with van der Waals surface area (Å²) in [7, 11) is -3.62.